The smallest absolute Gasteiger partial charge is 0.262 e. The summed E-state index contributed by atoms with van der Waals surface area (Å²) in [4.78, 5) is 30.9. The van der Waals surface area contributed by atoms with Gasteiger partial charge in [0.2, 0.25) is 0 Å². The van der Waals surface area contributed by atoms with Gasteiger partial charge in [0.15, 0.2) is 5.65 Å². The number of ether oxygens (including phenoxy) is 1. The van der Waals surface area contributed by atoms with Crippen LogP contribution in [0, 0.1) is 0 Å². The lowest BCUT2D eigenvalue weighted by atomic mass is 9.92. The maximum atomic E-state index is 12.6. The predicted octanol–water partition coefficient (Wildman–Crippen LogP) is 1.42. The number of nitrogens with zero attached hydrogens (tertiary/aromatic N) is 6. The fraction of sp³-hybridized carbons (Fsp3) is 0.526. The molecule has 9 heteroatoms. The Morgan fingerprint density at radius 2 is 1.93 bits per heavy atom. The van der Waals surface area contributed by atoms with Crippen LogP contribution in [0.3, 0.4) is 0 Å². The highest BCUT2D eigenvalue weighted by Crippen LogP contribution is 2.32. The Balaban J connectivity index is 1.39. The molecular weight excluding hydrogens is 358 g/mol. The first kappa shape index (κ1) is 17.4. The number of aromatic nitrogens is 6. The summed E-state index contributed by atoms with van der Waals surface area (Å²) in [5.74, 6) is 1.11. The van der Waals surface area contributed by atoms with Crippen molar-refractivity contribution in [2.75, 3.05) is 26.3 Å². The molecule has 0 amide bonds. The standard InChI is InChI=1S/C19H23N7O2/c1-12(25-9-14(10-25)13-6-20-11-21-7-13)17-23-18-16(19(27)24-17)8-22-26(18)15-2-4-28-5-3-15/h6-8,11-12,14-15H,2-5,9-10H2,1H3,(H,23,24,27)/t12-/m1/s1. The Hall–Kier alpha value is -2.65. The predicted molar refractivity (Wildman–Crippen MR) is 102 cm³/mol. The number of hydrogen-bond donors (Lipinski definition) is 1. The molecule has 0 saturated carbocycles. The molecule has 28 heavy (non-hydrogen) atoms. The van der Waals surface area contributed by atoms with Crippen LogP contribution in [0.5, 0.6) is 0 Å². The Labute approximate surface area is 161 Å². The summed E-state index contributed by atoms with van der Waals surface area (Å²) in [5.41, 5.74) is 1.70. The maximum Gasteiger partial charge on any atom is 0.262 e. The van der Waals surface area contributed by atoms with Crippen molar-refractivity contribution in [3.8, 4) is 0 Å². The van der Waals surface area contributed by atoms with Crippen molar-refractivity contribution in [3.05, 3.63) is 46.7 Å². The number of hydrogen-bond acceptors (Lipinski definition) is 7. The molecule has 0 radical (unpaired) electrons. The van der Waals surface area contributed by atoms with Crippen LogP contribution in [0.1, 0.15) is 49.2 Å². The van der Waals surface area contributed by atoms with Crippen LogP contribution >= 0.6 is 0 Å². The van der Waals surface area contributed by atoms with E-state index in [2.05, 4.69) is 31.9 Å². The highest BCUT2D eigenvalue weighted by atomic mass is 16.5. The van der Waals surface area contributed by atoms with Gasteiger partial charge in [-0.05, 0) is 25.3 Å². The highest BCUT2D eigenvalue weighted by molar-refractivity contribution is 5.73. The van der Waals surface area contributed by atoms with E-state index in [0.29, 0.717) is 22.8 Å². The highest BCUT2D eigenvalue weighted by Gasteiger charge is 2.33. The largest absolute Gasteiger partial charge is 0.381 e. The molecule has 0 spiro atoms. The summed E-state index contributed by atoms with van der Waals surface area (Å²) in [6, 6.07) is 0.256. The molecule has 0 unspecified atom stereocenters. The number of fused-ring (bicyclic) bond motifs is 1. The van der Waals surface area contributed by atoms with E-state index in [1.165, 1.54) is 0 Å². The molecule has 0 aromatic carbocycles. The van der Waals surface area contributed by atoms with E-state index >= 15 is 0 Å². The molecule has 5 rings (SSSR count). The van der Waals surface area contributed by atoms with Gasteiger partial charge in [-0.1, -0.05) is 0 Å². The number of likely N-dealkylation sites (tertiary alicyclic amines) is 1. The van der Waals surface area contributed by atoms with Crippen LogP contribution in [0.4, 0.5) is 0 Å². The minimum atomic E-state index is -0.126. The Bertz CT molecular complexity index is 1020. The van der Waals surface area contributed by atoms with Gasteiger partial charge in [0.05, 0.1) is 18.3 Å². The molecule has 146 valence electrons. The Morgan fingerprint density at radius 1 is 1.18 bits per heavy atom. The van der Waals surface area contributed by atoms with E-state index in [-0.39, 0.29) is 17.6 Å². The van der Waals surface area contributed by atoms with E-state index in [0.717, 1.165) is 44.7 Å². The topological polar surface area (TPSA) is 102 Å². The third-order valence-electron chi connectivity index (χ3n) is 5.92. The number of rotatable bonds is 4. The van der Waals surface area contributed by atoms with Crippen LogP contribution < -0.4 is 5.56 Å². The monoisotopic (exact) mass is 381 g/mol. The third kappa shape index (κ3) is 3.00. The second-order valence-electron chi connectivity index (χ2n) is 7.62. The van der Waals surface area contributed by atoms with Crippen molar-refractivity contribution in [1.29, 1.82) is 0 Å². The Morgan fingerprint density at radius 3 is 2.68 bits per heavy atom. The first-order valence-corrected chi connectivity index (χ1v) is 9.75. The molecule has 0 bridgehead atoms. The van der Waals surface area contributed by atoms with Crippen molar-refractivity contribution in [2.24, 2.45) is 0 Å². The fourth-order valence-corrected chi connectivity index (χ4v) is 4.08. The molecule has 2 fully saturated rings. The second-order valence-corrected chi connectivity index (χ2v) is 7.62. The van der Waals surface area contributed by atoms with E-state index in [1.54, 1.807) is 12.5 Å². The van der Waals surface area contributed by atoms with Crippen molar-refractivity contribution >= 4 is 11.0 Å². The van der Waals surface area contributed by atoms with Crippen LogP contribution in [-0.2, 0) is 4.74 Å². The number of aromatic amines is 1. The molecule has 9 nitrogen and oxygen atoms in total. The molecule has 2 aliphatic rings. The summed E-state index contributed by atoms with van der Waals surface area (Å²) in [7, 11) is 0. The molecular formula is C19H23N7O2. The molecule has 5 heterocycles. The van der Waals surface area contributed by atoms with Gasteiger partial charge in [-0.3, -0.25) is 9.69 Å². The number of nitrogens with one attached hydrogen (secondary N) is 1. The summed E-state index contributed by atoms with van der Waals surface area (Å²) >= 11 is 0. The van der Waals surface area contributed by atoms with Gasteiger partial charge in [-0.15, -0.1) is 0 Å². The minimum Gasteiger partial charge on any atom is -0.381 e. The van der Waals surface area contributed by atoms with Gasteiger partial charge >= 0.3 is 0 Å². The first-order valence-electron chi connectivity index (χ1n) is 9.75. The summed E-state index contributed by atoms with van der Waals surface area (Å²) < 4.78 is 7.36. The first-order chi connectivity index (χ1) is 13.7. The quantitative estimate of drug-likeness (QED) is 0.729. The minimum absolute atomic E-state index is 0.0241. The zero-order valence-corrected chi connectivity index (χ0v) is 15.8. The van der Waals surface area contributed by atoms with Crippen LogP contribution in [-0.4, -0.2) is 60.9 Å². The SMILES string of the molecule is C[C@H](c1nc2c(cnn2C2CCOCC2)c(=O)[nH]1)N1CC(c2cncnc2)C1. The molecule has 3 aromatic heterocycles. The van der Waals surface area contributed by atoms with E-state index in [9.17, 15) is 4.79 Å². The van der Waals surface area contributed by atoms with Crippen LogP contribution in [0.2, 0.25) is 0 Å². The zero-order chi connectivity index (χ0) is 19.1. The van der Waals surface area contributed by atoms with Crippen LogP contribution in [0.15, 0.2) is 29.7 Å². The average Bonchev–Trinajstić information content (AvgIpc) is 3.13. The van der Waals surface area contributed by atoms with E-state index < -0.39 is 0 Å². The fourth-order valence-electron chi connectivity index (χ4n) is 4.08. The maximum absolute atomic E-state index is 12.6. The van der Waals surface area contributed by atoms with Crippen molar-refractivity contribution in [3.63, 3.8) is 0 Å². The lowest BCUT2D eigenvalue weighted by molar-refractivity contribution is 0.0672. The Kier molecular flexibility index (Phi) is 4.40. The summed E-state index contributed by atoms with van der Waals surface area (Å²) in [6.45, 7) is 5.32. The van der Waals surface area contributed by atoms with Crippen LogP contribution in [0.25, 0.3) is 11.0 Å². The van der Waals surface area contributed by atoms with Gasteiger partial charge in [-0.25, -0.2) is 19.6 Å². The van der Waals surface area contributed by atoms with Gasteiger partial charge < -0.3 is 9.72 Å². The molecule has 3 aromatic rings. The summed E-state index contributed by atoms with van der Waals surface area (Å²) in [6.07, 6.45) is 8.71. The van der Waals surface area contributed by atoms with E-state index in [1.807, 2.05) is 17.1 Å². The lowest BCUT2D eigenvalue weighted by Crippen LogP contribution is -2.46. The van der Waals surface area contributed by atoms with Gasteiger partial charge in [-0.2, -0.15) is 5.10 Å². The van der Waals surface area contributed by atoms with Crippen molar-refractivity contribution < 1.29 is 4.74 Å². The second kappa shape index (κ2) is 7.06. The average molecular weight is 381 g/mol. The van der Waals surface area contributed by atoms with Gasteiger partial charge in [0.25, 0.3) is 5.56 Å². The zero-order valence-electron chi connectivity index (χ0n) is 15.8. The van der Waals surface area contributed by atoms with Crippen molar-refractivity contribution in [1.82, 2.24) is 34.6 Å². The molecule has 2 saturated heterocycles. The van der Waals surface area contributed by atoms with Gasteiger partial charge in [0, 0.05) is 44.6 Å². The molecule has 1 atom stereocenters. The molecule has 1 N–H and O–H groups in total. The van der Waals surface area contributed by atoms with Crippen molar-refractivity contribution in [2.45, 2.75) is 37.8 Å². The lowest BCUT2D eigenvalue weighted by Gasteiger charge is -2.42. The summed E-state index contributed by atoms with van der Waals surface area (Å²) in [5, 5.41) is 5.01. The number of H-pyrrole nitrogens is 1. The van der Waals surface area contributed by atoms with Gasteiger partial charge in [0.1, 0.15) is 17.5 Å². The molecule has 2 aliphatic heterocycles. The normalized spacial score (nSPS) is 20.3. The molecule has 0 aliphatic carbocycles. The van der Waals surface area contributed by atoms with E-state index in [4.69, 9.17) is 9.72 Å². The third-order valence-corrected chi connectivity index (χ3v) is 5.92.